The molecule has 0 radical (unpaired) electrons. The lowest BCUT2D eigenvalue weighted by molar-refractivity contribution is -0.933. The van der Waals surface area contributed by atoms with Crippen molar-refractivity contribution in [2.75, 3.05) is 143 Å². The average Bonchev–Trinajstić information content (AvgIpc) is 3.27. The molecule has 1 atom stereocenters. The molecule has 1 aromatic heterocycles. The zero-order valence-corrected chi connectivity index (χ0v) is 37.9. The number of nitrogens with zero attached hydrogens (tertiary/aromatic N) is 3. The molecule has 3 aromatic rings. The zero-order valence-electron chi connectivity index (χ0n) is 36.4. The number of aromatic nitrogens is 2. The maximum Gasteiger partial charge on any atom is 0.274 e. The molecule has 0 spiro atoms. The van der Waals surface area contributed by atoms with Crippen LogP contribution in [0.3, 0.4) is 0 Å². The number of quaternary nitrogens is 1. The summed E-state index contributed by atoms with van der Waals surface area (Å²) in [5, 5.41) is 20.6. The van der Waals surface area contributed by atoms with E-state index < -0.39 is 5.91 Å². The number of halogens is 2. The second-order valence-electron chi connectivity index (χ2n) is 15.0. The van der Waals surface area contributed by atoms with Gasteiger partial charge in [-0.2, -0.15) is 0 Å². The van der Waals surface area contributed by atoms with E-state index in [-0.39, 0.29) is 54.1 Å². The highest BCUT2D eigenvalue weighted by molar-refractivity contribution is 6.31. The van der Waals surface area contributed by atoms with Gasteiger partial charge in [0.25, 0.3) is 5.91 Å². The van der Waals surface area contributed by atoms with Crippen LogP contribution in [0.15, 0.2) is 48.5 Å². The summed E-state index contributed by atoms with van der Waals surface area (Å²) in [4.78, 5) is 21.5. The molecule has 1 unspecified atom stereocenters. The second-order valence-corrected chi connectivity index (χ2v) is 15.3. The fraction of sp³-hybridized carbons (Fsp3) is 0.614. The Bertz CT molecular complexity index is 1590. The normalized spacial score (nSPS) is 14.6. The number of hydrogen-bond donors (Lipinski definition) is 5. The molecule has 0 saturated carbocycles. The topological polar surface area (TPSA) is 221 Å². The molecule has 1 aliphatic heterocycles. The van der Waals surface area contributed by atoms with Crippen LogP contribution in [0.1, 0.15) is 47.3 Å². The van der Waals surface area contributed by atoms with Crippen molar-refractivity contribution in [3.05, 3.63) is 70.5 Å². The van der Waals surface area contributed by atoms with Gasteiger partial charge in [0.15, 0.2) is 22.5 Å². The predicted molar refractivity (Wildman–Crippen MR) is 236 cm³/mol. The zero-order chi connectivity index (χ0) is 44.1. The molecule has 1 aliphatic rings. The lowest BCUT2D eigenvalue weighted by Crippen LogP contribution is -3.00. The minimum Gasteiger partial charge on any atom is -1.00 e. The number of aryl methyl sites for hydroxylation is 2. The molecule has 2 aromatic carbocycles. The molecular weight excluding hydrogens is 859 g/mol. The van der Waals surface area contributed by atoms with Gasteiger partial charge in [0.05, 0.1) is 125 Å². The average molecular weight is 928 g/mol. The molecule has 354 valence electrons. The van der Waals surface area contributed by atoms with Gasteiger partial charge in [-0.25, -0.2) is 9.97 Å². The highest BCUT2D eigenvalue weighted by Gasteiger charge is 2.35. The van der Waals surface area contributed by atoms with Gasteiger partial charge in [-0.3, -0.25) is 4.79 Å². The SMILES string of the molecule is Nc1nc(N)c(C(=O)NC2CCC[N+](CCCc3ccc(OCCOCCOCCOCCO)cc3)(CCCc3ccc(OCCOCCOCCOCCO)cc3)C2)nc1Cl.[Cl-]. The van der Waals surface area contributed by atoms with Crippen molar-refractivity contribution >= 4 is 29.1 Å². The first-order valence-electron chi connectivity index (χ1n) is 21.7. The van der Waals surface area contributed by atoms with Gasteiger partial charge in [-0.15, -0.1) is 0 Å². The first-order chi connectivity index (χ1) is 30.3. The van der Waals surface area contributed by atoms with Crippen molar-refractivity contribution in [1.29, 1.82) is 0 Å². The van der Waals surface area contributed by atoms with E-state index in [0.717, 1.165) is 80.7 Å². The Morgan fingerprint density at radius 3 is 1.52 bits per heavy atom. The van der Waals surface area contributed by atoms with Gasteiger partial charge in [0, 0.05) is 12.8 Å². The third-order valence-corrected chi connectivity index (χ3v) is 10.5. The number of aliphatic hydroxyl groups is 2. The summed E-state index contributed by atoms with van der Waals surface area (Å²) in [6.07, 6.45) is 5.64. The molecule has 0 aliphatic carbocycles. The Morgan fingerprint density at radius 1 is 0.651 bits per heavy atom. The summed E-state index contributed by atoms with van der Waals surface area (Å²) < 4.78 is 45.0. The van der Waals surface area contributed by atoms with E-state index in [1.807, 2.05) is 24.3 Å². The fourth-order valence-electron chi connectivity index (χ4n) is 7.21. The molecule has 0 bridgehead atoms. The van der Waals surface area contributed by atoms with Crippen LogP contribution >= 0.6 is 11.6 Å². The van der Waals surface area contributed by atoms with Crippen LogP contribution in [-0.4, -0.2) is 169 Å². The summed E-state index contributed by atoms with van der Waals surface area (Å²) in [7, 11) is 0. The highest BCUT2D eigenvalue weighted by Crippen LogP contribution is 2.25. The van der Waals surface area contributed by atoms with Crippen LogP contribution < -0.4 is 38.7 Å². The Balaban J connectivity index is 0.0000106. The quantitative estimate of drug-likeness (QED) is 0.0397. The number of nitrogens with two attached hydrogens (primary N) is 2. The number of benzene rings is 2. The molecule has 1 saturated heterocycles. The Morgan fingerprint density at radius 2 is 1.08 bits per heavy atom. The number of carbonyl (C=O) groups excluding carboxylic acids is 1. The van der Waals surface area contributed by atoms with Crippen LogP contribution in [0, 0.1) is 0 Å². The Kier molecular flexibility index (Phi) is 27.4. The number of nitrogen functional groups attached to an aromatic ring is 2. The van der Waals surface area contributed by atoms with Crippen molar-refractivity contribution in [1.82, 2.24) is 15.3 Å². The standard InChI is InChI=1S/C44H67ClN6O11.ClH/c45-41-43(47)50-42(46)40(49-41)44(54)48-37-6-3-17-51(34-37,15-1-4-35-7-11-38(12-8-35)61-32-30-59-28-26-57-24-22-55-20-18-52)16-2-5-36-9-13-39(14-10-36)62-33-31-60-29-27-58-25-23-56-21-19-53;/h7-14,37,52-53H,1-6,15-34H2,(H4-,46,47,48,50,54);1H. The monoisotopic (exact) mass is 926 g/mol. The minimum atomic E-state index is -0.402. The first kappa shape index (κ1) is 53.7. The molecule has 7 N–H and O–H groups in total. The van der Waals surface area contributed by atoms with E-state index in [1.54, 1.807) is 0 Å². The number of nitrogens with one attached hydrogen (secondary N) is 1. The smallest absolute Gasteiger partial charge is 0.274 e. The number of anilines is 2. The number of amides is 1. The molecule has 2 heterocycles. The highest BCUT2D eigenvalue weighted by atomic mass is 35.5. The van der Waals surface area contributed by atoms with E-state index in [0.29, 0.717) is 92.5 Å². The maximum absolute atomic E-state index is 13.3. The molecule has 19 heteroatoms. The number of aliphatic hydroxyl groups excluding tert-OH is 2. The van der Waals surface area contributed by atoms with E-state index in [4.69, 9.17) is 71.2 Å². The number of likely N-dealkylation sites (tertiary alicyclic amines) is 1. The molecule has 1 fully saturated rings. The van der Waals surface area contributed by atoms with Gasteiger partial charge < -0.3 is 81.8 Å². The fourth-order valence-corrected chi connectivity index (χ4v) is 7.34. The van der Waals surface area contributed by atoms with Gasteiger partial charge >= 0.3 is 0 Å². The summed E-state index contributed by atoms with van der Waals surface area (Å²) in [6, 6.07) is 16.4. The Labute approximate surface area is 383 Å². The van der Waals surface area contributed by atoms with Crippen LogP contribution in [0.25, 0.3) is 0 Å². The largest absolute Gasteiger partial charge is 1.00 e. The summed E-state index contributed by atoms with van der Waals surface area (Å²) >= 11 is 6.09. The molecule has 63 heavy (non-hydrogen) atoms. The number of carbonyl (C=O) groups is 1. The first-order valence-corrected chi connectivity index (χ1v) is 22.0. The van der Waals surface area contributed by atoms with Crippen molar-refractivity contribution in [3.8, 4) is 11.5 Å². The van der Waals surface area contributed by atoms with E-state index >= 15 is 0 Å². The van der Waals surface area contributed by atoms with E-state index in [2.05, 4.69) is 39.6 Å². The van der Waals surface area contributed by atoms with Gasteiger partial charge in [0.2, 0.25) is 0 Å². The van der Waals surface area contributed by atoms with Crippen LogP contribution in [-0.2, 0) is 41.3 Å². The van der Waals surface area contributed by atoms with Crippen molar-refractivity contribution in [3.63, 3.8) is 0 Å². The third kappa shape index (κ3) is 21.8. The van der Waals surface area contributed by atoms with E-state index in [1.165, 1.54) is 11.1 Å². The van der Waals surface area contributed by atoms with Crippen molar-refractivity contribution < 1.29 is 69.8 Å². The lowest BCUT2D eigenvalue weighted by Gasteiger charge is -2.45. The molecule has 4 rings (SSSR count). The van der Waals surface area contributed by atoms with Crippen LogP contribution in [0.4, 0.5) is 11.6 Å². The number of ether oxygens (including phenoxy) is 8. The van der Waals surface area contributed by atoms with Crippen LogP contribution in [0.2, 0.25) is 5.15 Å². The van der Waals surface area contributed by atoms with Crippen molar-refractivity contribution in [2.24, 2.45) is 0 Å². The van der Waals surface area contributed by atoms with Gasteiger partial charge in [-0.1, -0.05) is 35.9 Å². The Hall–Kier alpha value is -3.59. The maximum atomic E-state index is 13.3. The molecule has 1 amide bonds. The lowest BCUT2D eigenvalue weighted by atomic mass is 9.99. The number of hydrogen-bond acceptors (Lipinski definition) is 15. The predicted octanol–water partition coefficient (Wildman–Crippen LogP) is 0.115. The summed E-state index contributed by atoms with van der Waals surface area (Å²) in [6.45, 7) is 9.93. The van der Waals surface area contributed by atoms with Gasteiger partial charge in [0.1, 0.15) is 24.7 Å². The van der Waals surface area contributed by atoms with E-state index in [9.17, 15) is 4.79 Å². The van der Waals surface area contributed by atoms with Gasteiger partial charge in [-0.05, 0) is 61.1 Å². The summed E-state index contributed by atoms with van der Waals surface area (Å²) in [5.74, 6) is 1.13. The number of piperidine rings is 1. The van der Waals surface area contributed by atoms with Crippen LogP contribution in [0.5, 0.6) is 11.5 Å². The second kappa shape index (κ2) is 32.1. The molecular formula is C44H68Cl2N6O11. The van der Waals surface area contributed by atoms with Crippen molar-refractivity contribution in [2.45, 2.75) is 44.6 Å². The molecule has 17 nitrogen and oxygen atoms in total. The number of rotatable bonds is 34. The third-order valence-electron chi connectivity index (χ3n) is 10.2. The minimum absolute atomic E-state index is 0. The summed E-state index contributed by atoms with van der Waals surface area (Å²) in [5.41, 5.74) is 14.2.